The summed E-state index contributed by atoms with van der Waals surface area (Å²) in [5.74, 6) is 1.04. The summed E-state index contributed by atoms with van der Waals surface area (Å²) in [4.78, 5) is 10.3. The number of hydrogen-bond acceptors (Lipinski definition) is 6. The Hall–Kier alpha value is -1.42. The molecule has 0 aromatic heterocycles. The highest BCUT2D eigenvalue weighted by molar-refractivity contribution is 7.89. The third kappa shape index (κ3) is 4.64. The summed E-state index contributed by atoms with van der Waals surface area (Å²) in [6.07, 6.45) is 3.99. The Labute approximate surface area is 159 Å². The predicted molar refractivity (Wildman–Crippen MR) is 99.4 cm³/mol. The van der Waals surface area contributed by atoms with Crippen LogP contribution in [0.3, 0.4) is 0 Å². The molecular formula is C16H24ClN3O5S. The molecule has 2 aliphatic rings. The number of nitrogens with zero attached hydrogens (tertiary/aromatic N) is 2. The molecule has 0 unspecified atom stereocenters. The van der Waals surface area contributed by atoms with Crippen molar-refractivity contribution in [2.75, 3.05) is 26.7 Å². The van der Waals surface area contributed by atoms with Crippen molar-refractivity contribution in [2.45, 2.75) is 36.6 Å². The van der Waals surface area contributed by atoms with Gasteiger partial charge in [0.2, 0.25) is 10.0 Å². The highest BCUT2D eigenvalue weighted by atomic mass is 35.5. The summed E-state index contributed by atoms with van der Waals surface area (Å²) in [6, 6.07) is 4.16. The number of ether oxygens (including phenoxy) is 1. The van der Waals surface area contributed by atoms with Crippen LogP contribution in [-0.2, 0) is 10.0 Å². The van der Waals surface area contributed by atoms with Gasteiger partial charge in [-0.3, -0.25) is 10.1 Å². The van der Waals surface area contributed by atoms with Gasteiger partial charge in [-0.25, -0.2) is 8.42 Å². The van der Waals surface area contributed by atoms with Crippen molar-refractivity contribution in [3.63, 3.8) is 0 Å². The number of benzene rings is 1. The second-order valence-corrected chi connectivity index (χ2v) is 8.53. The molecule has 0 radical (unpaired) electrons. The molecule has 146 valence electrons. The first-order chi connectivity index (χ1) is 11.9. The van der Waals surface area contributed by atoms with Gasteiger partial charge in [-0.2, -0.15) is 4.31 Å². The average Bonchev–Trinajstić information content (AvgIpc) is 3.44. The van der Waals surface area contributed by atoms with E-state index < -0.39 is 20.6 Å². The highest BCUT2D eigenvalue weighted by Crippen LogP contribution is 2.32. The third-order valence-electron chi connectivity index (χ3n) is 4.83. The molecule has 3 rings (SSSR count). The van der Waals surface area contributed by atoms with Crippen LogP contribution in [0.1, 0.15) is 25.7 Å². The quantitative estimate of drug-likeness (QED) is 0.551. The molecule has 26 heavy (non-hydrogen) atoms. The van der Waals surface area contributed by atoms with Crippen LogP contribution in [-0.4, -0.2) is 50.4 Å². The van der Waals surface area contributed by atoms with Crippen LogP contribution in [0.4, 0.5) is 5.69 Å². The molecule has 1 aromatic rings. The van der Waals surface area contributed by atoms with Crippen LogP contribution < -0.4 is 10.1 Å². The number of methoxy groups -OCH3 is 1. The van der Waals surface area contributed by atoms with E-state index in [9.17, 15) is 18.5 Å². The molecule has 1 saturated heterocycles. The van der Waals surface area contributed by atoms with Gasteiger partial charge in [0, 0.05) is 19.1 Å². The second-order valence-electron chi connectivity index (χ2n) is 6.62. The number of nitro groups is 1. The van der Waals surface area contributed by atoms with Gasteiger partial charge in [-0.1, -0.05) is 0 Å². The van der Waals surface area contributed by atoms with Crippen LogP contribution in [0, 0.1) is 16.0 Å². The Kier molecular flexibility index (Phi) is 6.84. The largest absolute Gasteiger partial charge is 0.497 e. The summed E-state index contributed by atoms with van der Waals surface area (Å²) in [5, 5.41) is 14.8. The van der Waals surface area contributed by atoms with E-state index in [2.05, 4.69) is 5.32 Å². The van der Waals surface area contributed by atoms with E-state index in [0.717, 1.165) is 31.4 Å². The van der Waals surface area contributed by atoms with E-state index in [4.69, 9.17) is 4.74 Å². The normalized spacial score (nSPS) is 19.0. The molecule has 0 bridgehead atoms. The fraction of sp³-hybridized carbons (Fsp3) is 0.625. The summed E-state index contributed by atoms with van der Waals surface area (Å²) in [5.41, 5.74) is -0.451. The van der Waals surface area contributed by atoms with E-state index in [1.807, 2.05) is 0 Å². The number of halogens is 1. The lowest BCUT2D eigenvalue weighted by Crippen LogP contribution is -2.45. The Bertz CT molecular complexity index is 746. The van der Waals surface area contributed by atoms with Crippen LogP contribution in [0.15, 0.2) is 23.1 Å². The first kappa shape index (κ1) is 20.9. The Morgan fingerprint density at radius 3 is 2.46 bits per heavy atom. The molecule has 1 N–H and O–H groups in total. The fourth-order valence-corrected chi connectivity index (χ4v) is 4.69. The zero-order valence-corrected chi connectivity index (χ0v) is 16.2. The molecule has 1 aromatic carbocycles. The van der Waals surface area contributed by atoms with Gasteiger partial charge in [0.1, 0.15) is 5.75 Å². The Morgan fingerprint density at radius 2 is 1.92 bits per heavy atom. The molecule has 0 amide bonds. The van der Waals surface area contributed by atoms with Gasteiger partial charge >= 0.3 is 0 Å². The summed E-state index contributed by atoms with van der Waals surface area (Å²) < 4.78 is 32.0. The van der Waals surface area contributed by atoms with Gasteiger partial charge in [0.05, 0.1) is 18.1 Å². The van der Waals surface area contributed by atoms with Crippen LogP contribution in [0.2, 0.25) is 0 Å². The maximum atomic E-state index is 12.9. The van der Waals surface area contributed by atoms with Crippen molar-refractivity contribution in [3.05, 3.63) is 28.3 Å². The molecule has 1 aliphatic heterocycles. The first-order valence-electron chi connectivity index (χ1n) is 8.48. The van der Waals surface area contributed by atoms with Gasteiger partial charge in [0.15, 0.2) is 4.90 Å². The zero-order valence-electron chi connectivity index (χ0n) is 14.6. The van der Waals surface area contributed by atoms with Gasteiger partial charge < -0.3 is 10.1 Å². The van der Waals surface area contributed by atoms with E-state index in [-0.39, 0.29) is 23.1 Å². The van der Waals surface area contributed by atoms with Gasteiger partial charge in [-0.05, 0) is 50.3 Å². The number of piperidine rings is 1. The number of nitrogens with one attached hydrogen (secondary N) is 1. The molecule has 2 fully saturated rings. The van der Waals surface area contributed by atoms with Crippen molar-refractivity contribution in [3.8, 4) is 5.75 Å². The van der Waals surface area contributed by atoms with Crippen molar-refractivity contribution >= 4 is 28.1 Å². The lowest BCUT2D eigenvalue weighted by molar-refractivity contribution is -0.387. The highest BCUT2D eigenvalue weighted by Gasteiger charge is 2.34. The Balaban J connectivity index is 0.00000243. The lowest BCUT2D eigenvalue weighted by atomic mass is 10.1. The van der Waals surface area contributed by atoms with E-state index in [0.29, 0.717) is 19.1 Å². The van der Waals surface area contributed by atoms with Crippen molar-refractivity contribution in [1.29, 1.82) is 0 Å². The smallest absolute Gasteiger partial charge is 0.293 e. The summed E-state index contributed by atoms with van der Waals surface area (Å²) >= 11 is 0. The van der Waals surface area contributed by atoms with Gasteiger partial charge in [0.25, 0.3) is 5.69 Å². The lowest BCUT2D eigenvalue weighted by Gasteiger charge is -2.31. The monoisotopic (exact) mass is 405 g/mol. The number of rotatable bonds is 7. The maximum Gasteiger partial charge on any atom is 0.293 e. The molecule has 1 saturated carbocycles. The first-order valence-corrected chi connectivity index (χ1v) is 9.92. The zero-order chi connectivity index (χ0) is 18.0. The molecule has 10 heteroatoms. The average molecular weight is 406 g/mol. The summed E-state index contributed by atoms with van der Waals surface area (Å²) in [6.45, 7) is 1.74. The fourth-order valence-electron chi connectivity index (χ4n) is 3.08. The number of sulfonamides is 1. The standard InChI is InChI=1S/C16H23N3O5S.ClH/c1-24-14-4-5-16(15(10-14)19(20)21)25(22,23)18-8-6-13(7-9-18)17-11-12-2-3-12;/h4-5,10,12-13,17H,2-3,6-9,11H2,1H3;1H. The number of nitro benzene ring substituents is 1. The van der Waals surface area contributed by atoms with Gasteiger partial charge in [-0.15, -0.1) is 12.4 Å². The third-order valence-corrected chi connectivity index (χ3v) is 6.77. The molecule has 0 spiro atoms. The molecule has 1 aliphatic carbocycles. The minimum absolute atomic E-state index is 0. The predicted octanol–water partition coefficient (Wildman–Crippen LogP) is 2.18. The van der Waals surface area contributed by atoms with E-state index in [1.165, 1.54) is 36.4 Å². The topological polar surface area (TPSA) is 102 Å². The summed E-state index contributed by atoms with van der Waals surface area (Å²) in [7, 11) is -2.52. The molecule has 0 atom stereocenters. The number of hydrogen-bond donors (Lipinski definition) is 1. The molecule has 1 heterocycles. The molecular weight excluding hydrogens is 382 g/mol. The maximum absolute atomic E-state index is 12.9. The molecule has 8 nitrogen and oxygen atoms in total. The van der Waals surface area contributed by atoms with E-state index >= 15 is 0 Å². The minimum atomic E-state index is -3.90. The van der Waals surface area contributed by atoms with Crippen LogP contribution >= 0.6 is 12.4 Å². The van der Waals surface area contributed by atoms with Crippen LogP contribution in [0.25, 0.3) is 0 Å². The second kappa shape index (κ2) is 8.51. The van der Waals surface area contributed by atoms with Crippen LogP contribution in [0.5, 0.6) is 5.75 Å². The van der Waals surface area contributed by atoms with Crippen molar-refractivity contribution < 1.29 is 18.1 Å². The SMILES string of the molecule is COc1ccc(S(=O)(=O)N2CCC(NCC3CC3)CC2)c([N+](=O)[O-])c1.Cl. The van der Waals surface area contributed by atoms with Crippen molar-refractivity contribution in [2.24, 2.45) is 5.92 Å². The van der Waals surface area contributed by atoms with E-state index in [1.54, 1.807) is 0 Å². The van der Waals surface area contributed by atoms with Crippen molar-refractivity contribution in [1.82, 2.24) is 9.62 Å². The minimum Gasteiger partial charge on any atom is -0.497 e. The Morgan fingerprint density at radius 1 is 1.27 bits per heavy atom.